The topological polar surface area (TPSA) is 57.9 Å². The molecule has 0 fully saturated rings. The summed E-state index contributed by atoms with van der Waals surface area (Å²) in [4.78, 5) is -0.581. The largest absolute Gasteiger partial charge is 0.218 e. The highest BCUT2D eigenvalue weighted by Crippen LogP contribution is 2.30. The number of rotatable bonds is 3. The summed E-state index contributed by atoms with van der Waals surface area (Å²) in [5.41, 5.74) is 0.608. The van der Waals surface area contributed by atoms with Gasteiger partial charge in [0.1, 0.15) is 11.0 Å². The van der Waals surface area contributed by atoms with E-state index in [-0.39, 0.29) is 14.9 Å². The molecule has 0 aliphatic heterocycles. The first-order valence-corrected chi connectivity index (χ1v) is 9.46. The number of fused-ring (bicyclic) bond motifs is 1. The summed E-state index contributed by atoms with van der Waals surface area (Å²) in [6.45, 7) is 0. The second-order valence-electron chi connectivity index (χ2n) is 5.31. The second-order valence-corrected chi connectivity index (χ2v) is 8.04. The Morgan fingerprint density at radius 2 is 1.68 bits per heavy atom. The van der Waals surface area contributed by atoms with Crippen LogP contribution in [0, 0.1) is 11.3 Å². The molecule has 6 heteroatoms. The Morgan fingerprint density at radius 3 is 2.40 bits per heavy atom. The number of allylic oxidation sites excluding steroid dienone is 1. The quantitative estimate of drug-likeness (QED) is 0.558. The standard InChI is InChI=1S/C19H11Cl2NO2S/c20-16-7-8-18(21)19(11-16)25(23,24)17(12-22)10-13-5-6-14-3-1-2-4-15(14)9-13/h1-11H. The number of hydrogen-bond donors (Lipinski definition) is 0. The molecule has 0 radical (unpaired) electrons. The van der Waals surface area contributed by atoms with Crippen molar-refractivity contribution in [2.24, 2.45) is 0 Å². The molecule has 25 heavy (non-hydrogen) atoms. The predicted octanol–water partition coefficient (Wildman–Crippen LogP) is 5.48. The minimum absolute atomic E-state index is 0.0176. The van der Waals surface area contributed by atoms with E-state index in [0.717, 1.165) is 10.8 Å². The summed E-state index contributed by atoms with van der Waals surface area (Å²) in [6.07, 6.45) is 1.33. The highest BCUT2D eigenvalue weighted by atomic mass is 35.5. The Balaban J connectivity index is 2.13. The lowest BCUT2D eigenvalue weighted by atomic mass is 10.1. The Bertz CT molecular complexity index is 1150. The first-order valence-electron chi connectivity index (χ1n) is 7.22. The maximum absolute atomic E-state index is 12.8. The van der Waals surface area contributed by atoms with Crippen LogP contribution in [0.3, 0.4) is 0 Å². The van der Waals surface area contributed by atoms with Gasteiger partial charge in [0.15, 0.2) is 0 Å². The highest BCUT2D eigenvalue weighted by molar-refractivity contribution is 7.95. The van der Waals surface area contributed by atoms with Gasteiger partial charge >= 0.3 is 0 Å². The summed E-state index contributed by atoms with van der Waals surface area (Å²) in [7, 11) is -4.07. The number of hydrogen-bond acceptors (Lipinski definition) is 3. The molecule has 0 saturated carbocycles. The molecular weight excluding hydrogens is 377 g/mol. The summed E-state index contributed by atoms with van der Waals surface area (Å²) in [6, 6.07) is 19.0. The average Bonchev–Trinajstić information content (AvgIpc) is 2.61. The van der Waals surface area contributed by atoms with E-state index in [4.69, 9.17) is 23.2 Å². The number of sulfone groups is 1. The van der Waals surface area contributed by atoms with E-state index in [9.17, 15) is 13.7 Å². The molecule has 0 amide bonds. The van der Waals surface area contributed by atoms with Gasteiger partial charge < -0.3 is 0 Å². The number of nitriles is 1. The van der Waals surface area contributed by atoms with Crippen LogP contribution in [0.4, 0.5) is 0 Å². The lowest BCUT2D eigenvalue weighted by molar-refractivity contribution is 0.603. The van der Waals surface area contributed by atoms with Crippen molar-refractivity contribution in [2.45, 2.75) is 4.90 Å². The van der Waals surface area contributed by atoms with E-state index in [0.29, 0.717) is 5.56 Å². The van der Waals surface area contributed by atoms with Gasteiger partial charge in [-0.05, 0) is 46.7 Å². The Hall–Kier alpha value is -2.32. The van der Waals surface area contributed by atoms with Gasteiger partial charge in [0.2, 0.25) is 9.84 Å². The minimum Gasteiger partial charge on any atom is -0.218 e. The van der Waals surface area contributed by atoms with Crippen LogP contribution in [0.2, 0.25) is 10.0 Å². The van der Waals surface area contributed by atoms with E-state index in [1.165, 1.54) is 24.3 Å². The molecule has 0 saturated heterocycles. The van der Waals surface area contributed by atoms with E-state index < -0.39 is 14.7 Å². The molecule has 0 unspecified atom stereocenters. The van der Waals surface area contributed by atoms with Crippen LogP contribution in [0.5, 0.6) is 0 Å². The van der Waals surface area contributed by atoms with Crippen molar-refractivity contribution < 1.29 is 8.42 Å². The van der Waals surface area contributed by atoms with Gasteiger partial charge in [0.05, 0.1) is 9.92 Å². The molecule has 3 nitrogen and oxygen atoms in total. The molecule has 0 bridgehead atoms. The van der Waals surface area contributed by atoms with Crippen LogP contribution < -0.4 is 0 Å². The van der Waals surface area contributed by atoms with Gasteiger partial charge in [-0.15, -0.1) is 0 Å². The maximum Gasteiger partial charge on any atom is 0.218 e. The highest BCUT2D eigenvalue weighted by Gasteiger charge is 2.24. The normalized spacial score (nSPS) is 12.1. The molecule has 0 N–H and O–H groups in total. The van der Waals surface area contributed by atoms with Gasteiger partial charge in [-0.25, -0.2) is 8.42 Å². The Labute approximate surface area is 155 Å². The van der Waals surface area contributed by atoms with E-state index in [2.05, 4.69) is 0 Å². The molecular formula is C19H11Cl2NO2S. The summed E-state index contributed by atoms with van der Waals surface area (Å²) in [5, 5.41) is 11.6. The third-order valence-corrected chi connectivity index (χ3v) is 6.04. The summed E-state index contributed by atoms with van der Waals surface area (Å²) < 4.78 is 25.5. The van der Waals surface area contributed by atoms with Crippen LogP contribution in [0.1, 0.15) is 5.56 Å². The van der Waals surface area contributed by atoms with E-state index in [1.807, 2.05) is 36.4 Å². The van der Waals surface area contributed by atoms with Crippen molar-refractivity contribution in [3.63, 3.8) is 0 Å². The molecule has 0 heterocycles. The molecule has 3 rings (SSSR count). The molecule has 3 aromatic rings. The van der Waals surface area contributed by atoms with Crippen LogP contribution in [0.15, 0.2) is 70.5 Å². The number of nitrogens with zero attached hydrogens (tertiary/aromatic N) is 1. The Kier molecular flexibility index (Phi) is 4.82. The first kappa shape index (κ1) is 17.5. The van der Waals surface area contributed by atoms with Gasteiger partial charge in [-0.3, -0.25) is 0 Å². The molecule has 0 aliphatic carbocycles. The fourth-order valence-electron chi connectivity index (χ4n) is 2.42. The third kappa shape index (κ3) is 3.54. The second kappa shape index (κ2) is 6.89. The van der Waals surface area contributed by atoms with Crippen molar-refractivity contribution in [2.75, 3.05) is 0 Å². The van der Waals surface area contributed by atoms with Crippen LogP contribution in [0.25, 0.3) is 16.8 Å². The van der Waals surface area contributed by atoms with Crippen molar-refractivity contribution >= 4 is 49.9 Å². The van der Waals surface area contributed by atoms with Crippen molar-refractivity contribution in [3.05, 3.63) is 81.2 Å². The smallest absolute Gasteiger partial charge is 0.218 e. The zero-order valence-electron chi connectivity index (χ0n) is 12.8. The lowest BCUT2D eigenvalue weighted by Gasteiger charge is -2.06. The monoisotopic (exact) mass is 387 g/mol. The maximum atomic E-state index is 12.8. The van der Waals surface area contributed by atoms with Crippen LogP contribution >= 0.6 is 23.2 Å². The molecule has 0 aromatic heterocycles. The fraction of sp³-hybridized carbons (Fsp3) is 0. The van der Waals surface area contributed by atoms with Gasteiger partial charge in [-0.1, -0.05) is 59.6 Å². The van der Waals surface area contributed by atoms with Crippen molar-refractivity contribution in [3.8, 4) is 6.07 Å². The summed E-state index contributed by atoms with van der Waals surface area (Å²) >= 11 is 11.9. The number of benzene rings is 3. The van der Waals surface area contributed by atoms with Crippen LogP contribution in [-0.2, 0) is 9.84 Å². The minimum atomic E-state index is -4.07. The van der Waals surface area contributed by atoms with E-state index >= 15 is 0 Å². The SMILES string of the molecule is N#CC(=Cc1ccc2ccccc2c1)S(=O)(=O)c1cc(Cl)ccc1Cl. The fourth-order valence-corrected chi connectivity index (χ4v) is 4.33. The number of halogens is 2. The van der Waals surface area contributed by atoms with Crippen molar-refractivity contribution in [1.29, 1.82) is 5.26 Å². The summed E-state index contributed by atoms with van der Waals surface area (Å²) in [5.74, 6) is 0. The zero-order valence-corrected chi connectivity index (χ0v) is 15.1. The van der Waals surface area contributed by atoms with Crippen molar-refractivity contribution in [1.82, 2.24) is 0 Å². The van der Waals surface area contributed by atoms with Gasteiger partial charge in [0.25, 0.3) is 0 Å². The molecule has 3 aromatic carbocycles. The third-order valence-electron chi connectivity index (χ3n) is 3.65. The van der Waals surface area contributed by atoms with E-state index in [1.54, 1.807) is 12.1 Å². The molecule has 0 aliphatic rings. The Morgan fingerprint density at radius 1 is 0.960 bits per heavy atom. The molecule has 0 atom stereocenters. The molecule has 124 valence electrons. The molecule has 0 spiro atoms. The van der Waals surface area contributed by atoms with Crippen LogP contribution in [-0.4, -0.2) is 8.42 Å². The van der Waals surface area contributed by atoms with Gasteiger partial charge in [0, 0.05) is 5.02 Å². The lowest BCUT2D eigenvalue weighted by Crippen LogP contribution is -2.04. The zero-order chi connectivity index (χ0) is 18.0. The van der Waals surface area contributed by atoms with Gasteiger partial charge in [-0.2, -0.15) is 5.26 Å². The average molecular weight is 388 g/mol. The first-order chi connectivity index (χ1) is 11.9. The predicted molar refractivity (Wildman–Crippen MR) is 101 cm³/mol.